The largest absolute Gasteiger partial charge is 0.353 e. The van der Waals surface area contributed by atoms with Gasteiger partial charge in [-0.2, -0.15) is 5.10 Å². The lowest BCUT2D eigenvalue weighted by Gasteiger charge is -2.03. The minimum atomic E-state index is 0.580. The van der Waals surface area contributed by atoms with E-state index >= 15 is 0 Å². The second-order valence-electron chi connectivity index (χ2n) is 2.88. The molecule has 0 saturated carbocycles. The number of hydrogen-bond donors (Lipinski definition) is 2. The minimum Gasteiger partial charge on any atom is -0.353 e. The van der Waals surface area contributed by atoms with Crippen LogP contribution >= 0.6 is 0 Å². The topological polar surface area (TPSA) is 76.7 Å². The van der Waals surface area contributed by atoms with Crippen LogP contribution in [0.3, 0.4) is 0 Å². The molecule has 0 bridgehead atoms. The van der Waals surface area contributed by atoms with E-state index in [0.717, 1.165) is 24.4 Å². The SMILES string of the molecule is Cc1nnc(NCCCN)nc1C. The molecule has 0 unspecified atom stereocenters. The molecule has 72 valence electrons. The van der Waals surface area contributed by atoms with Gasteiger partial charge >= 0.3 is 0 Å². The Hall–Kier alpha value is -1.23. The van der Waals surface area contributed by atoms with Gasteiger partial charge in [-0.1, -0.05) is 0 Å². The Kier molecular flexibility index (Phi) is 3.57. The van der Waals surface area contributed by atoms with E-state index in [1.165, 1.54) is 0 Å². The van der Waals surface area contributed by atoms with Crippen molar-refractivity contribution in [2.75, 3.05) is 18.4 Å². The number of nitrogens with one attached hydrogen (secondary N) is 1. The van der Waals surface area contributed by atoms with Gasteiger partial charge in [0.2, 0.25) is 5.95 Å². The lowest BCUT2D eigenvalue weighted by molar-refractivity contribution is 0.837. The monoisotopic (exact) mass is 181 g/mol. The van der Waals surface area contributed by atoms with E-state index < -0.39 is 0 Å². The molecule has 0 aliphatic carbocycles. The molecule has 0 aromatic carbocycles. The third-order valence-corrected chi connectivity index (χ3v) is 1.76. The van der Waals surface area contributed by atoms with Crippen LogP contribution in [0.1, 0.15) is 17.8 Å². The molecule has 0 aliphatic heterocycles. The highest BCUT2D eigenvalue weighted by atomic mass is 15.2. The van der Waals surface area contributed by atoms with E-state index in [1.807, 2.05) is 13.8 Å². The zero-order valence-electron chi connectivity index (χ0n) is 8.04. The number of nitrogens with zero attached hydrogens (tertiary/aromatic N) is 3. The Balaban J connectivity index is 2.53. The van der Waals surface area contributed by atoms with E-state index in [2.05, 4.69) is 20.5 Å². The number of anilines is 1. The maximum atomic E-state index is 5.35. The van der Waals surface area contributed by atoms with Crippen LogP contribution in [0.15, 0.2) is 0 Å². The van der Waals surface area contributed by atoms with Gasteiger partial charge in [-0.05, 0) is 26.8 Å². The summed E-state index contributed by atoms with van der Waals surface area (Å²) in [5, 5.41) is 10.9. The van der Waals surface area contributed by atoms with Gasteiger partial charge in [0.05, 0.1) is 11.4 Å². The fourth-order valence-electron chi connectivity index (χ4n) is 0.834. The predicted octanol–water partition coefficient (Wildman–Crippen LogP) is 0.249. The van der Waals surface area contributed by atoms with Gasteiger partial charge in [0, 0.05) is 6.54 Å². The van der Waals surface area contributed by atoms with Crippen LogP contribution in [-0.2, 0) is 0 Å². The van der Waals surface area contributed by atoms with Crippen LogP contribution in [0, 0.1) is 13.8 Å². The second-order valence-corrected chi connectivity index (χ2v) is 2.88. The van der Waals surface area contributed by atoms with Gasteiger partial charge in [-0.25, -0.2) is 4.98 Å². The molecule has 1 aromatic heterocycles. The average Bonchev–Trinajstić information content (AvgIpc) is 2.12. The zero-order chi connectivity index (χ0) is 9.68. The molecule has 0 amide bonds. The van der Waals surface area contributed by atoms with Crippen molar-refractivity contribution >= 4 is 5.95 Å². The van der Waals surface area contributed by atoms with E-state index in [1.54, 1.807) is 0 Å². The molecule has 5 heteroatoms. The van der Waals surface area contributed by atoms with E-state index in [-0.39, 0.29) is 0 Å². The highest BCUT2D eigenvalue weighted by molar-refractivity contribution is 5.24. The number of hydrogen-bond acceptors (Lipinski definition) is 5. The van der Waals surface area contributed by atoms with Crippen molar-refractivity contribution in [1.29, 1.82) is 0 Å². The third kappa shape index (κ3) is 2.95. The summed E-state index contributed by atoms with van der Waals surface area (Å²) in [6.07, 6.45) is 0.913. The lowest BCUT2D eigenvalue weighted by atomic mass is 10.4. The van der Waals surface area contributed by atoms with Gasteiger partial charge < -0.3 is 11.1 Å². The first kappa shape index (κ1) is 9.85. The van der Waals surface area contributed by atoms with Gasteiger partial charge in [0.15, 0.2) is 0 Å². The molecule has 1 rings (SSSR count). The maximum absolute atomic E-state index is 5.35. The van der Waals surface area contributed by atoms with Crippen molar-refractivity contribution in [1.82, 2.24) is 15.2 Å². The summed E-state index contributed by atoms with van der Waals surface area (Å²) in [5.74, 6) is 0.580. The Morgan fingerprint density at radius 1 is 1.23 bits per heavy atom. The molecule has 0 spiro atoms. The minimum absolute atomic E-state index is 0.580. The second kappa shape index (κ2) is 4.71. The number of aryl methyl sites for hydroxylation is 2. The van der Waals surface area contributed by atoms with Crippen molar-refractivity contribution in [2.45, 2.75) is 20.3 Å². The van der Waals surface area contributed by atoms with Crippen molar-refractivity contribution in [2.24, 2.45) is 5.73 Å². The summed E-state index contributed by atoms with van der Waals surface area (Å²) in [7, 11) is 0. The molecule has 1 heterocycles. The third-order valence-electron chi connectivity index (χ3n) is 1.76. The van der Waals surface area contributed by atoms with E-state index in [0.29, 0.717) is 12.5 Å². The molecule has 1 aromatic rings. The molecule has 0 saturated heterocycles. The molecule has 0 fully saturated rings. The Labute approximate surface area is 77.8 Å². The van der Waals surface area contributed by atoms with Gasteiger partial charge in [-0.3, -0.25) is 0 Å². The molecule has 13 heavy (non-hydrogen) atoms. The van der Waals surface area contributed by atoms with Gasteiger partial charge in [-0.15, -0.1) is 5.10 Å². The molecule has 3 N–H and O–H groups in total. The van der Waals surface area contributed by atoms with Crippen molar-refractivity contribution in [3.8, 4) is 0 Å². The van der Waals surface area contributed by atoms with E-state index in [9.17, 15) is 0 Å². The predicted molar refractivity (Wildman–Crippen MR) is 51.5 cm³/mol. The molecule has 0 atom stereocenters. The first-order valence-corrected chi connectivity index (χ1v) is 4.36. The fraction of sp³-hybridized carbons (Fsp3) is 0.625. The maximum Gasteiger partial charge on any atom is 0.242 e. The summed E-state index contributed by atoms with van der Waals surface area (Å²) in [6, 6.07) is 0. The van der Waals surface area contributed by atoms with Crippen LogP contribution in [0.4, 0.5) is 5.95 Å². The fourth-order valence-corrected chi connectivity index (χ4v) is 0.834. The summed E-state index contributed by atoms with van der Waals surface area (Å²) in [6.45, 7) is 5.27. The van der Waals surface area contributed by atoms with Gasteiger partial charge in [0.1, 0.15) is 0 Å². The first-order chi connectivity index (χ1) is 6.24. The van der Waals surface area contributed by atoms with Crippen LogP contribution in [0.5, 0.6) is 0 Å². The van der Waals surface area contributed by atoms with Crippen LogP contribution in [0.25, 0.3) is 0 Å². The average molecular weight is 181 g/mol. The quantitative estimate of drug-likeness (QED) is 0.651. The molecule has 5 nitrogen and oxygen atoms in total. The molecular formula is C8H15N5. The Bertz CT molecular complexity index is 273. The number of nitrogens with two attached hydrogens (primary N) is 1. The standard InChI is InChI=1S/C8H15N5/c1-6-7(2)12-13-8(11-6)10-5-3-4-9/h3-5,9H2,1-2H3,(H,10,11,13). The molecular weight excluding hydrogens is 166 g/mol. The summed E-state index contributed by atoms with van der Waals surface area (Å²) in [5.41, 5.74) is 7.12. The summed E-state index contributed by atoms with van der Waals surface area (Å²) in [4.78, 5) is 4.22. The zero-order valence-corrected chi connectivity index (χ0v) is 8.04. The Morgan fingerprint density at radius 3 is 2.62 bits per heavy atom. The molecule has 0 aliphatic rings. The Morgan fingerprint density at radius 2 is 2.00 bits per heavy atom. The van der Waals surface area contributed by atoms with Crippen molar-refractivity contribution < 1.29 is 0 Å². The molecule has 0 radical (unpaired) electrons. The van der Waals surface area contributed by atoms with Crippen molar-refractivity contribution in [3.05, 3.63) is 11.4 Å². The smallest absolute Gasteiger partial charge is 0.242 e. The summed E-state index contributed by atoms with van der Waals surface area (Å²) >= 11 is 0. The number of rotatable bonds is 4. The van der Waals surface area contributed by atoms with Crippen LogP contribution in [0.2, 0.25) is 0 Å². The van der Waals surface area contributed by atoms with Crippen molar-refractivity contribution in [3.63, 3.8) is 0 Å². The van der Waals surface area contributed by atoms with Crippen LogP contribution in [-0.4, -0.2) is 28.3 Å². The highest BCUT2D eigenvalue weighted by Crippen LogP contribution is 2.01. The summed E-state index contributed by atoms with van der Waals surface area (Å²) < 4.78 is 0. The number of aromatic nitrogens is 3. The highest BCUT2D eigenvalue weighted by Gasteiger charge is 1.99. The normalized spacial score (nSPS) is 10.1. The van der Waals surface area contributed by atoms with E-state index in [4.69, 9.17) is 5.73 Å². The van der Waals surface area contributed by atoms with Crippen LogP contribution < -0.4 is 11.1 Å². The van der Waals surface area contributed by atoms with Gasteiger partial charge in [0.25, 0.3) is 0 Å². The first-order valence-electron chi connectivity index (χ1n) is 4.36. The lowest BCUT2D eigenvalue weighted by Crippen LogP contribution is -2.11.